The molecule has 84 valence electrons. The van der Waals surface area contributed by atoms with Gasteiger partial charge in [0.15, 0.2) is 0 Å². The highest BCUT2D eigenvalue weighted by molar-refractivity contribution is 5.37. The van der Waals surface area contributed by atoms with Crippen LogP contribution in [0.4, 0.5) is 0 Å². The van der Waals surface area contributed by atoms with Gasteiger partial charge in [-0.05, 0) is 37.5 Å². The number of hydrogen-bond donors (Lipinski definition) is 1. The molecule has 0 radical (unpaired) electrons. The third-order valence-electron chi connectivity index (χ3n) is 2.63. The van der Waals surface area contributed by atoms with Crippen LogP contribution in [0.25, 0.3) is 0 Å². The number of hydrogen-bond acceptors (Lipinski definition) is 2. The summed E-state index contributed by atoms with van der Waals surface area (Å²) < 4.78 is 5.00. The van der Waals surface area contributed by atoms with Gasteiger partial charge in [-0.3, -0.25) is 0 Å². The number of methoxy groups -OCH3 is 1. The third-order valence-corrected chi connectivity index (χ3v) is 2.63. The zero-order chi connectivity index (χ0) is 11.3. The minimum atomic E-state index is 0.768. The Morgan fingerprint density at radius 2 is 1.73 bits per heavy atom. The lowest BCUT2D eigenvalue weighted by atomic mass is 10.00. The Kier molecular flexibility index (Phi) is 4.79. The van der Waals surface area contributed by atoms with Gasteiger partial charge in [0.05, 0.1) is 6.61 Å². The van der Waals surface area contributed by atoms with Crippen molar-refractivity contribution in [3.63, 3.8) is 0 Å². The molecule has 0 aliphatic carbocycles. The summed E-state index contributed by atoms with van der Waals surface area (Å²) in [4.78, 5) is 0. The fourth-order valence-electron chi connectivity index (χ4n) is 1.88. The lowest BCUT2D eigenvalue weighted by Crippen LogP contribution is -2.19. The fourth-order valence-corrected chi connectivity index (χ4v) is 1.88. The van der Waals surface area contributed by atoms with E-state index in [2.05, 4.69) is 38.2 Å². The minimum absolute atomic E-state index is 0.768. The molecule has 1 aromatic rings. The molecule has 0 aromatic heterocycles. The molecule has 0 saturated heterocycles. The van der Waals surface area contributed by atoms with Gasteiger partial charge in [-0.2, -0.15) is 0 Å². The highest BCUT2D eigenvalue weighted by Crippen LogP contribution is 2.15. The van der Waals surface area contributed by atoms with Crippen molar-refractivity contribution < 1.29 is 4.74 Å². The van der Waals surface area contributed by atoms with Gasteiger partial charge in [-0.1, -0.05) is 17.7 Å². The van der Waals surface area contributed by atoms with E-state index in [-0.39, 0.29) is 0 Å². The summed E-state index contributed by atoms with van der Waals surface area (Å²) in [5.74, 6) is 0. The monoisotopic (exact) mass is 207 g/mol. The Morgan fingerprint density at radius 1 is 1.13 bits per heavy atom. The zero-order valence-corrected chi connectivity index (χ0v) is 10.2. The zero-order valence-electron chi connectivity index (χ0n) is 10.2. The van der Waals surface area contributed by atoms with Crippen molar-refractivity contribution in [2.45, 2.75) is 27.3 Å². The number of nitrogens with one attached hydrogen (secondary N) is 1. The van der Waals surface area contributed by atoms with Gasteiger partial charge >= 0.3 is 0 Å². The number of benzene rings is 1. The van der Waals surface area contributed by atoms with E-state index in [0.29, 0.717) is 0 Å². The largest absolute Gasteiger partial charge is 0.383 e. The molecule has 0 fully saturated rings. The van der Waals surface area contributed by atoms with E-state index in [1.54, 1.807) is 7.11 Å². The summed E-state index contributed by atoms with van der Waals surface area (Å²) >= 11 is 0. The van der Waals surface area contributed by atoms with Crippen molar-refractivity contribution in [3.8, 4) is 0 Å². The van der Waals surface area contributed by atoms with Crippen LogP contribution in [-0.4, -0.2) is 20.3 Å². The van der Waals surface area contributed by atoms with Crippen molar-refractivity contribution in [3.05, 3.63) is 34.4 Å². The summed E-state index contributed by atoms with van der Waals surface area (Å²) in [6.45, 7) is 9.09. The Labute approximate surface area is 92.6 Å². The predicted octanol–water partition coefficient (Wildman–Crippen LogP) is 2.35. The average Bonchev–Trinajstić information content (AvgIpc) is 2.15. The highest BCUT2D eigenvalue weighted by Gasteiger charge is 2.02. The van der Waals surface area contributed by atoms with Crippen molar-refractivity contribution in [2.75, 3.05) is 20.3 Å². The molecule has 0 amide bonds. The number of rotatable bonds is 5. The van der Waals surface area contributed by atoms with E-state index in [4.69, 9.17) is 4.74 Å². The predicted molar refractivity (Wildman–Crippen MR) is 64.2 cm³/mol. The van der Waals surface area contributed by atoms with Gasteiger partial charge in [0.2, 0.25) is 0 Å². The molecule has 0 aliphatic rings. The molecule has 0 spiro atoms. The minimum Gasteiger partial charge on any atom is -0.383 e. The SMILES string of the molecule is COCCNCc1c(C)cc(C)cc1C. The van der Waals surface area contributed by atoms with Crippen LogP contribution in [-0.2, 0) is 11.3 Å². The molecule has 0 saturated carbocycles. The van der Waals surface area contributed by atoms with E-state index < -0.39 is 0 Å². The van der Waals surface area contributed by atoms with Crippen molar-refractivity contribution >= 4 is 0 Å². The smallest absolute Gasteiger partial charge is 0.0587 e. The molecule has 0 bridgehead atoms. The molecular weight excluding hydrogens is 186 g/mol. The van der Waals surface area contributed by atoms with Gasteiger partial charge in [-0.25, -0.2) is 0 Å². The van der Waals surface area contributed by atoms with Crippen molar-refractivity contribution in [1.82, 2.24) is 5.32 Å². The molecule has 2 heteroatoms. The van der Waals surface area contributed by atoms with Crippen LogP contribution in [0, 0.1) is 20.8 Å². The average molecular weight is 207 g/mol. The Morgan fingerprint density at radius 3 is 2.27 bits per heavy atom. The van der Waals surface area contributed by atoms with Crippen LogP contribution in [0.1, 0.15) is 22.3 Å². The molecule has 0 atom stereocenters. The summed E-state index contributed by atoms with van der Waals surface area (Å²) in [6.07, 6.45) is 0. The topological polar surface area (TPSA) is 21.3 Å². The standard InChI is InChI=1S/C13H21NO/c1-10-7-11(2)13(12(3)8-10)9-14-5-6-15-4/h7-8,14H,5-6,9H2,1-4H3. The quantitative estimate of drug-likeness (QED) is 0.748. The molecule has 15 heavy (non-hydrogen) atoms. The van der Waals surface area contributed by atoms with E-state index in [1.165, 1.54) is 22.3 Å². The molecule has 0 unspecified atom stereocenters. The first-order valence-corrected chi connectivity index (χ1v) is 5.41. The fraction of sp³-hybridized carbons (Fsp3) is 0.538. The second-order valence-electron chi connectivity index (χ2n) is 4.05. The number of ether oxygens (including phenoxy) is 1. The van der Waals surface area contributed by atoms with Crippen LogP contribution in [0.5, 0.6) is 0 Å². The molecule has 0 heterocycles. The van der Waals surface area contributed by atoms with Crippen LogP contribution >= 0.6 is 0 Å². The van der Waals surface area contributed by atoms with Gasteiger partial charge in [0.25, 0.3) is 0 Å². The first-order chi connectivity index (χ1) is 7.15. The van der Waals surface area contributed by atoms with Crippen LogP contribution in [0.2, 0.25) is 0 Å². The van der Waals surface area contributed by atoms with Gasteiger partial charge in [0.1, 0.15) is 0 Å². The van der Waals surface area contributed by atoms with E-state index in [9.17, 15) is 0 Å². The second kappa shape index (κ2) is 5.89. The molecule has 1 aromatic carbocycles. The lowest BCUT2D eigenvalue weighted by Gasteiger charge is -2.12. The lowest BCUT2D eigenvalue weighted by molar-refractivity contribution is 0.199. The van der Waals surface area contributed by atoms with E-state index in [1.807, 2.05) is 0 Å². The maximum Gasteiger partial charge on any atom is 0.0587 e. The first-order valence-electron chi connectivity index (χ1n) is 5.41. The normalized spacial score (nSPS) is 10.7. The number of aryl methyl sites for hydroxylation is 3. The van der Waals surface area contributed by atoms with Crippen molar-refractivity contribution in [1.29, 1.82) is 0 Å². The Bertz CT molecular complexity index is 297. The second-order valence-corrected chi connectivity index (χ2v) is 4.05. The van der Waals surface area contributed by atoms with Crippen LogP contribution in [0.15, 0.2) is 12.1 Å². The summed E-state index contributed by atoms with van der Waals surface area (Å²) in [7, 11) is 1.73. The Balaban J connectivity index is 2.60. The van der Waals surface area contributed by atoms with Gasteiger partial charge in [0, 0.05) is 20.2 Å². The molecule has 1 rings (SSSR count). The van der Waals surface area contributed by atoms with Gasteiger partial charge in [-0.15, -0.1) is 0 Å². The third kappa shape index (κ3) is 3.65. The van der Waals surface area contributed by atoms with Crippen molar-refractivity contribution in [2.24, 2.45) is 0 Å². The summed E-state index contributed by atoms with van der Waals surface area (Å²) in [5, 5.41) is 3.38. The maximum absolute atomic E-state index is 5.00. The summed E-state index contributed by atoms with van der Waals surface area (Å²) in [5.41, 5.74) is 5.50. The summed E-state index contributed by atoms with van der Waals surface area (Å²) in [6, 6.07) is 4.47. The molecular formula is C13H21NO. The van der Waals surface area contributed by atoms with E-state index >= 15 is 0 Å². The van der Waals surface area contributed by atoms with Crippen LogP contribution in [0.3, 0.4) is 0 Å². The van der Waals surface area contributed by atoms with Crippen LogP contribution < -0.4 is 5.32 Å². The van der Waals surface area contributed by atoms with Gasteiger partial charge < -0.3 is 10.1 Å². The van der Waals surface area contributed by atoms with E-state index in [0.717, 1.165) is 19.7 Å². The molecule has 2 nitrogen and oxygen atoms in total. The molecule has 0 aliphatic heterocycles. The maximum atomic E-state index is 5.00. The molecule has 1 N–H and O–H groups in total. The first kappa shape index (κ1) is 12.2. The Hall–Kier alpha value is -0.860. The highest BCUT2D eigenvalue weighted by atomic mass is 16.5.